The number of aromatic nitrogens is 1. The maximum Gasteiger partial charge on any atom is 0.323 e. The summed E-state index contributed by atoms with van der Waals surface area (Å²) in [7, 11) is 0. The smallest absolute Gasteiger partial charge is 0.323 e. The Labute approximate surface area is 117 Å². The number of anilines is 1. The molecule has 1 aliphatic carbocycles. The lowest BCUT2D eigenvalue weighted by Gasteiger charge is -2.29. The van der Waals surface area contributed by atoms with E-state index in [2.05, 4.69) is 4.98 Å². The van der Waals surface area contributed by atoms with E-state index in [0.29, 0.717) is 5.82 Å². The molecule has 6 nitrogen and oxygen atoms in total. The van der Waals surface area contributed by atoms with Crippen LogP contribution in [0, 0.1) is 6.92 Å². The molecule has 108 valence electrons. The topological polar surface area (TPSA) is 96.5 Å². The molecule has 1 fully saturated rings. The van der Waals surface area contributed by atoms with Gasteiger partial charge in [-0.1, -0.05) is 12.8 Å². The molecule has 3 N–H and O–H groups in total. The molecule has 0 saturated heterocycles. The number of primary amides is 1. The third-order valence-corrected chi connectivity index (χ3v) is 3.62. The molecule has 0 bridgehead atoms. The van der Waals surface area contributed by atoms with Crippen LogP contribution >= 0.6 is 0 Å². The van der Waals surface area contributed by atoms with Crippen molar-refractivity contribution in [2.24, 2.45) is 5.73 Å². The second kappa shape index (κ2) is 5.90. The van der Waals surface area contributed by atoms with Gasteiger partial charge in [-0.2, -0.15) is 0 Å². The first-order valence-corrected chi connectivity index (χ1v) is 6.75. The predicted octanol–water partition coefficient (Wildman–Crippen LogP) is 1.32. The van der Waals surface area contributed by atoms with Gasteiger partial charge in [0.2, 0.25) is 0 Å². The zero-order chi connectivity index (χ0) is 14.7. The number of aryl methyl sites for hydroxylation is 1. The van der Waals surface area contributed by atoms with Crippen molar-refractivity contribution >= 4 is 17.7 Å². The molecule has 6 heteroatoms. The molecular weight excluding hydrogens is 258 g/mol. The van der Waals surface area contributed by atoms with Crippen LogP contribution in [0.25, 0.3) is 0 Å². The number of carboxylic acid groups (broad SMARTS) is 1. The third kappa shape index (κ3) is 3.07. The molecule has 1 saturated carbocycles. The number of rotatable bonds is 5. The zero-order valence-corrected chi connectivity index (χ0v) is 11.5. The van der Waals surface area contributed by atoms with Crippen molar-refractivity contribution < 1.29 is 14.7 Å². The van der Waals surface area contributed by atoms with Crippen LogP contribution in [-0.4, -0.2) is 34.6 Å². The van der Waals surface area contributed by atoms with Gasteiger partial charge in [0.15, 0.2) is 0 Å². The minimum absolute atomic E-state index is 0.110. The van der Waals surface area contributed by atoms with Crippen molar-refractivity contribution in [3.05, 3.63) is 23.4 Å². The number of amides is 1. The van der Waals surface area contributed by atoms with Crippen LogP contribution in [0.2, 0.25) is 0 Å². The molecular formula is C14H19N3O3. The summed E-state index contributed by atoms with van der Waals surface area (Å²) in [6.45, 7) is 1.64. The third-order valence-electron chi connectivity index (χ3n) is 3.62. The molecule has 0 aromatic carbocycles. The lowest BCUT2D eigenvalue weighted by molar-refractivity contribution is -0.135. The lowest BCUT2D eigenvalue weighted by Crippen LogP contribution is -2.39. The second-order valence-electron chi connectivity index (χ2n) is 5.15. The summed E-state index contributed by atoms with van der Waals surface area (Å²) in [6.07, 6.45) is 3.97. The lowest BCUT2D eigenvalue weighted by atomic mass is 10.1. The Morgan fingerprint density at radius 3 is 2.60 bits per heavy atom. The Morgan fingerprint density at radius 1 is 1.40 bits per heavy atom. The Hall–Kier alpha value is -2.11. The summed E-state index contributed by atoms with van der Waals surface area (Å²) in [4.78, 5) is 28.7. The summed E-state index contributed by atoms with van der Waals surface area (Å²) in [6, 6.07) is 3.43. The monoisotopic (exact) mass is 277 g/mol. The maximum absolute atomic E-state index is 11.5. The molecule has 2 rings (SSSR count). The maximum atomic E-state index is 11.5. The van der Waals surface area contributed by atoms with Gasteiger partial charge in [0, 0.05) is 11.7 Å². The minimum Gasteiger partial charge on any atom is -0.480 e. The molecule has 20 heavy (non-hydrogen) atoms. The highest BCUT2D eigenvalue weighted by atomic mass is 16.4. The van der Waals surface area contributed by atoms with Gasteiger partial charge in [-0.25, -0.2) is 4.98 Å². The first-order chi connectivity index (χ1) is 9.49. The summed E-state index contributed by atoms with van der Waals surface area (Å²) in [5.74, 6) is -1.12. The van der Waals surface area contributed by atoms with Crippen LogP contribution in [0.5, 0.6) is 0 Å². The number of pyridine rings is 1. The first-order valence-electron chi connectivity index (χ1n) is 6.75. The average molecular weight is 277 g/mol. The molecule has 0 atom stereocenters. The molecule has 0 radical (unpaired) electrons. The Kier molecular flexibility index (Phi) is 4.22. The van der Waals surface area contributed by atoms with Crippen molar-refractivity contribution in [1.29, 1.82) is 0 Å². The SMILES string of the molecule is Cc1ccc(C(N)=O)c(N(CC(=O)O)C2CCCC2)n1. The molecule has 1 aromatic rings. The molecule has 0 unspecified atom stereocenters. The van der Waals surface area contributed by atoms with E-state index in [1.807, 2.05) is 6.92 Å². The first kappa shape index (κ1) is 14.3. The van der Waals surface area contributed by atoms with E-state index < -0.39 is 11.9 Å². The van der Waals surface area contributed by atoms with Crippen LogP contribution in [0.4, 0.5) is 5.82 Å². The van der Waals surface area contributed by atoms with Crippen LogP contribution < -0.4 is 10.6 Å². The van der Waals surface area contributed by atoms with Crippen LogP contribution in [0.1, 0.15) is 41.7 Å². The van der Waals surface area contributed by atoms with Gasteiger partial charge < -0.3 is 15.7 Å². The Bertz CT molecular complexity index is 524. The van der Waals surface area contributed by atoms with Gasteiger partial charge in [0.05, 0.1) is 5.56 Å². The fourth-order valence-electron chi connectivity index (χ4n) is 2.69. The van der Waals surface area contributed by atoms with Gasteiger partial charge in [-0.05, 0) is 31.9 Å². The van der Waals surface area contributed by atoms with Crippen molar-refractivity contribution in [1.82, 2.24) is 4.98 Å². The van der Waals surface area contributed by atoms with Gasteiger partial charge in [0.25, 0.3) is 5.91 Å². The predicted molar refractivity (Wildman–Crippen MR) is 74.7 cm³/mol. The second-order valence-corrected chi connectivity index (χ2v) is 5.15. The highest BCUT2D eigenvalue weighted by Gasteiger charge is 2.28. The van der Waals surface area contributed by atoms with Gasteiger partial charge in [0.1, 0.15) is 12.4 Å². The van der Waals surface area contributed by atoms with Gasteiger partial charge >= 0.3 is 5.97 Å². The molecule has 1 amide bonds. The molecule has 0 spiro atoms. The van der Waals surface area contributed by atoms with E-state index in [0.717, 1.165) is 31.4 Å². The van der Waals surface area contributed by atoms with E-state index in [4.69, 9.17) is 10.8 Å². The van der Waals surface area contributed by atoms with E-state index in [1.54, 1.807) is 17.0 Å². The molecule has 0 aliphatic heterocycles. The van der Waals surface area contributed by atoms with E-state index in [-0.39, 0.29) is 18.2 Å². The highest BCUT2D eigenvalue weighted by molar-refractivity contribution is 5.98. The number of hydrogen-bond acceptors (Lipinski definition) is 4. The van der Waals surface area contributed by atoms with Crippen molar-refractivity contribution in [3.8, 4) is 0 Å². The number of nitrogens with zero attached hydrogens (tertiary/aromatic N) is 2. The normalized spacial score (nSPS) is 15.2. The fraction of sp³-hybridized carbons (Fsp3) is 0.500. The van der Waals surface area contributed by atoms with Crippen LogP contribution in [0.3, 0.4) is 0 Å². The van der Waals surface area contributed by atoms with Gasteiger partial charge in [-0.15, -0.1) is 0 Å². The van der Waals surface area contributed by atoms with E-state index in [1.165, 1.54) is 0 Å². The zero-order valence-electron chi connectivity index (χ0n) is 11.5. The number of hydrogen-bond donors (Lipinski definition) is 2. The Balaban J connectivity index is 2.43. The van der Waals surface area contributed by atoms with Crippen molar-refractivity contribution in [3.63, 3.8) is 0 Å². The quantitative estimate of drug-likeness (QED) is 0.846. The standard InChI is InChI=1S/C14H19N3O3/c1-9-6-7-11(13(15)20)14(16-9)17(8-12(18)19)10-4-2-3-5-10/h6-7,10H,2-5,8H2,1H3,(H2,15,20)(H,18,19). The summed E-state index contributed by atoms with van der Waals surface area (Å²) in [5, 5.41) is 9.12. The van der Waals surface area contributed by atoms with Crippen LogP contribution in [0.15, 0.2) is 12.1 Å². The number of aliphatic carboxylic acids is 1. The van der Waals surface area contributed by atoms with E-state index >= 15 is 0 Å². The minimum atomic E-state index is -0.935. The average Bonchev–Trinajstić information content (AvgIpc) is 2.88. The summed E-state index contributed by atoms with van der Waals surface area (Å²) < 4.78 is 0. The molecule has 1 heterocycles. The van der Waals surface area contributed by atoms with Crippen molar-refractivity contribution in [2.75, 3.05) is 11.4 Å². The number of carbonyl (C=O) groups excluding carboxylic acids is 1. The van der Waals surface area contributed by atoms with Gasteiger partial charge in [-0.3, -0.25) is 9.59 Å². The number of nitrogens with two attached hydrogens (primary N) is 1. The summed E-state index contributed by atoms with van der Waals surface area (Å²) >= 11 is 0. The Morgan fingerprint density at radius 2 is 2.05 bits per heavy atom. The molecule has 1 aromatic heterocycles. The summed E-state index contributed by atoms with van der Waals surface area (Å²) in [5.41, 5.74) is 6.39. The number of carboxylic acids is 1. The van der Waals surface area contributed by atoms with Crippen molar-refractivity contribution in [2.45, 2.75) is 38.6 Å². The van der Waals surface area contributed by atoms with E-state index in [9.17, 15) is 9.59 Å². The van der Waals surface area contributed by atoms with Crippen LogP contribution in [-0.2, 0) is 4.79 Å². The number of carbonyl (C=O) groups is 2. The molecule has 1 aliphatic rings. The fourth-order valence-corrected chi connectivity index (χ4v) is 2.69. The largest absolute Gasteiger partial charge is 0.480 e. The highest BCUT2D eigenvalue weighted by Crippen LogP contribution is 2.29.